The van der Waals surface area contributed by atoms with Crippen molar-refractivity contribution in [2.45, 2.75) is 70.0 Å². The van der Waals surface area contributed by atoms with Crippen LogP contribution in [0.4, 0.5) is 0 Å². The Bertz CT molecular complexity index is 137. The minimum absolute atomic E-state index is 0.656. The van der Waals surface area contributed by atoms with E-state index in [1.54, 1.807) is 0 Å². The van der Waals surface area contributed by atoms with Gasteiger partial charge in [-0.05, 0) is 33.0 Å². The Kier molecular flexibility index (Phi) is 12.2. The maximum atomic E-state index is 3.59. The van der Waals surface area contributed by atoms with Crippen LogP contribution in [-0.2, 0) is 0 Å². The summed E-state index contributed by atoms with van der Waals surface area (Å²) < 4.78 is 0. The van der Waals surface area contributed by atoms with E-state index in [2.05, 4.69) is 41.7 Å². The molecule has 98 valence electrons. The Balaban J connectivity index is 3.12. The minimum Gasteiger partial charge on any atom is -0.306 e. The van der Waals surface area contributed by atoms with Crippen LogP contribution in [0.2, 0.25) is 0 Å². The molecule has 0 aromatic heterocycles. The van der Waals surface area contributed by atoms with Crippen molar-refractivity contribution in [1.82, 2.24) is 4.90 Å². The van der Waals surface area contributed by atoms with Crippen LogP contribution in [0.15, 0.2) is 0 Å². The average molecular weight is 292 g/mol. The lowest BCUT2D eigenvalue weighted by Gasteiger charge is -2.17. The quantitative estimate of drug-likeness (QED) is 0.389. The molecule has 1 nitrogen and oxygen atoms in total. The van der Waals surface area contributed by atoms with Gasteiger partial charge >= 0.3 is 0 Å². The molecule has 0 aromatic rings. The smallest absolute Gasteiger partial charge is 0.0129 e. The van der Waals surface area contributed by atoms with Crippen molar-refractivity contribution >= 4 is 15.9 Å². The molecule has 0 bridgehead atoms. The van der Waals surface area contributed by atoms with E-state index in [1.807, 2.05) is 0 Å². The Hall–Kier alpha value is 0.440. The van der Waals surface area contributed by atoms with Crippen LogP contribution in [0.5, 0.6) is 0 Å². The summed E-state index contributed by atoms with van der Waals surface area (Å²) in [6, 6.07) is 0. The summed E-state index contributed by atoms with van der Waals surface area (Å²) in [7, 11) is 2.24. The van der Waals surface area contributed by atoms with Crippen LogP contribution in [-0.4, -0.2) is 29.9 Å². The van der Waals surface area contributed by atoms with Crippen LogP contribution in [0.1, 0.15) is 65.2 Å². The number of rotatable bonds is 11. The molecule has 0 spiro atoms. The summed E-state index contributed by atoms with van der Waals surface area (Å²) in [5.74, 6) is 0. The van der Waals surface area contributed by atoms with Crippen molar-refractivity contribution in [1.29, 1.82) is 0 Å². The fourth-order valence-electron chi connectivity index (χ4n) is 1.85. The molecule has 0 fully saturated rings. The highest BCUT2D eigenvalue weighted by molar-refractivity contribution is 9.09. The molecule has 16 heavy (non-hydrogen) atoms. The van der Waals surface area contributed by atoms with Crippen molar-refractivity contribution in [2.75, 3.05) is 20.1 Å². The molecule has 0 aromatic carbocycles. The number of unbranched alkanes of at least 4 members (excludes halogenated alkanes) is 6. The van der Waals surface area contributed by atoms with Gasteiger partial charge in [0.15, 0.2) is 0 Å². The molecule has 0 aliphatic rings. The first kappa shape index (κ1) is 16.4. The van der Waals surface area contributed by atoms with Gasteiger partial charge in [-0.3, -0.25) is 0 Å². The first-order valence-electron chi connectivity index (χ1n) is 6.99. The largest absolute Gasteiger partial charge is 0.306 e. The average Bonchev–Trinajstić information content (AvgIpc) is 2.25. The van der Waals surface area contributed by atoms with Crippen LogP contribution < -0.4 is 0 Å². The summed E-state index contributed by atoms with van der Waals surface area (Å²) in [5.41, 5.74) is 0. The van der Waals surface area contributed by atoms with E-state index >= 15 is 0 Å². The van der Waals surface area contributed by atoms with E-state index in [-0.39, 0.29) is 0 Å². The zero-order chi connectivity index (χ0) is 12.2. The Morgan fingerprint density at radius 3 is 2.06 bits per heavy atom. The van der Waals surface area contributed by atoms with Gasteiger partial charge in [-0.2, -0.15) is 0 Å². The molecule has 0 aliphatic carbocycles. The zero-order valence-electron chi connectivity index (χ0n) is 11.5. The number of hydrogen-bond donors (Lipinski definition) is 0. The zero-order valence-corrected chi connectivity index (χ0v) is 13.1. The van der Waals surface area contributed by atoms with Crippen molar-refractivity contribution in [3.05, 3.63) is 0 Å². The van der Waals surface area contributed by atoms with Gasteiger partial charge in [0.25, 0.3) is 0 Å². The second kappa shape index (κ2) is 11.9. The predicted molar refractivity (Wildman–Crippen MR) is 78.5 cm³/mol. The van der Waals surface area contributed by atoms with Crippen LogP contribution in [0.3, 0.4) is 0 Å². The van der Waals surface area contributed by atoms with Gasteiger partial charge < -0.3 is 4.90 Å². The lowest BCUT2D eigenvalue weighted by molar-refractivity contribution is 0.320. The van der Waals surface area contributed by atoms with E-state index in [4.69, 9.17) is 0 Å². The first-order chi connectivity index (χ1) is 7.66. The van der Waals surface area contributed by atoms with Gasteiger partial charge in [-0.15, -0.1) is 0 Å². The lowest BCUT2D eigenvalue weighted by Crippen LogP contribution is -2.22. The summed E-state index contributed by atoms with van der Waals surface area (Å²) >= 11 is 3.59. The summed E-state index contributed by atoms with van der Waals surface area (Å²) in [6.45, 7) is 7.00. The van der Waals surface area contributed by atoms with Gasteiger partial charge in [0.05, 0.1) is 0 Å². The maximum absolute atomic E-state index is 3.59. The van der Waals surface area contributed by atoms with E-state index in [0.29, 0.717) is 4.83 Å². The third-order valence-electron chi connectivity index (χ3n) is 3.05. The Labute approximate surface area is 111 Å². The molecule has 0 aliphatic heterocycles. The normalized spacial score (nSPS) is 13.3. The van der Waals surface area contributed by atoms with Crippen molar-refractivity contribution < 1.29 is 0 Å². The first-order valence-corrected chi connectivity index (χ1v) is 7.91. The number of halogens is 1. The lowest BCUT2D eigenvalue weighted by atomic mass is 10.1. The van der Waals surface area contributed by atoms with Gasteiger partial charge in [-0.1, -0.05) is 68.3 Å². The molecule has 0 radical (unpaired) electrons. The molecular weight excluding hydrogens is 262 g/mol. The van der Waals surface area contributed by atoms with Crippen LogP contribution >= 0.6 is 15.9 Å². The summed E-state index contributed by atoms with van der Waals surface area (Å²) in [4.78, 5) is 3.12. The summed E-state index contributed by atoms with van der Waals surface area (Å²) in [5, 5.41) is 0. The molecular formula is C14H30BrN. The predicted octanol–water partition coefficient (Wildman–Crippen LogP) is 4.84. The Morgan fingerprint density at radius 1 is 0.938 bits per heavy atom. The second-order valence-electron chi connectivity index (χ2n) is 4.99. The number of hydrogen-bond acceptors (Lipinski definition) is 1. The standard InChI is InChI=1S/C14H30BrN/c1-4-5-6-7-8-9-10-12-16(3)13-11-14(2)15/h14H,4-13H2,1-3H3. The van der Waals surface area contributed by atoms with E-state index < -0.39 is 0 Å². The maximum Gasteiger partial charge on any atom is 0.0129 e. The highest BCUT2D eigenvalue weighted by Crippen LogP contribution is 2.08. The fourth-order valence-corrected chi connectivity index (χ4v) is 2.05. The van der Waals surface area contributed by atoms with E-state index in [9.17, 15) is 0 Å². The molecule has 0 saturated heterocycles. The van der Waals surface area contributed by atoms with Gasteiger partial charge in [0, 0.05) is 4.83 Å². The fraction of sp³-hybridized carbons (Fsp3) is 1.00. The van der Waals surface area contributed by atoms with Crippen molar-refractivity contribution in [3.63, 3.8) is 0 Å². The summed E-state index contributed by atoms with van der Waals surface area (Å²) in [6.07, 6.45) is 11.1. The highest BCUT2D eigenvalue weighted by atomic mass is 79.9. The monoisotopic (exact) mass is 291 g/mol. The molecule has 0 N–H and O–H groups in total. The second-order valence-corrected chi connectivity index (χ2v) is 6.56. The number of alkyl halides is 1. The molecule has 2 heteroatoms. The topological polar surface area (TPSA) is 3.24 Å². The molecule has 0 saturated carbocycles. The van der Waals surface area contributed by atoms with Crippen molar-refractivity contribution in [3.8, 4) is 0 Å². The van der Waals surface area contributed by atoms with E-state index in [1.165, 1.54) is 64.5 Å². The third-order valence-corrected chi connectivity index (χ3v) is 3.51. The Morgan fingerprint density at radius 2 is 1.50 bits per heavy atom. The van der Waals surface area contributed by atoms with E-state index in [0.717, 1.165) is 0 Å². The van der Waals surface area contributed by atoms with Gasteiger partial charge in [0.1, 0.15) is 0 Å². The van der Waals surface area contributed by atoms with Crippen LogP contribution in [0.25, 0.3) is 0 Å². The van der Waals surface area contributed by atoms with Crippen LogP contribution in [0, 0.1) is 0 Å². The van der Waals surface area contributed by atoms with Gasteiger partial charge in [-0.25, -0.2) is 0 Å². The third kappa shape index (κ3) is 12.5. The van der Waals surface area contributed by atoms with Crippen molar-refractivity contribution in [2.24, 2.45) is 0 Å². The molecule has 0 amide bonds. The molecule has 1 unspecified atom stereocenters. The SMILES string of the molecule is CCCCCCCCCN(C)CCC(C)Br. The minimum atomic E-state index is 0.656. The molecule has 0 heterocycles. The highest BCUT2D eigenvalue weighted by Gasteiger charge is 2.00. The molecule has 0 rings (SSSR count). The number of nitrogens with zero attached hydrogens (tertiary/aromatic N) is 1. The van der Waals surface area contributed by atoms with Gasteiger partial charge in [0.2, 0.25) is 0 Å². The molecule has 1 atom stereocenters.